The van der Waals surface area contributed by atoms with Crippen molar-refractivity contribution in [1.29, 1.82) is 0 Å². The Kier molecular flexibility index (Phi) is 5.81. The van der Waals surface area contributed by atoms with E-state index in [9.17, 15) is 8.42 Å². The van der Waals surface area contributed by atoms with Gasteiger partial charge in [-0.1, -0.05) is 32.9 Å². The third kappa shape index (κ3) is 4.07. The maximum absolute atomic E-state index is 13.7. The highest BCUT2D eigenvalue weighted by molar-refractivity contribution is 7.99. The van der Waals surface area contributed by atoms with E-state index in [1.54, 1.807) is 16.6 Å². The second kappa shape index (κ2) is 8.13. The van der Waals surface area contributed by atoms with E-state index in [1.165, 1.54) is 18.2 Å². The van der Waals surface area contributed by atoms with Crippen LogP contribution in [0.1, 0.15) is 51.3 Å². The number of aryl methyl sites for hydroxylation is 1. The van der Waals surface area contributed by atoms with Crippen LogP contribution < -0.4 is 4.90 Å². The molecule has 2 aromatic heterocycles. The second-order valence-corrected chi connectivity index (χ2v) is 11.8. The molecule has 3 heterocycles. The minimum absolute atomic E-state index is 0.0425. The van der Waals surface area contributed by atoms with Crippen molar-refractivity contribution in [3.8, 4) is 0 Å². The summed E-state index contributed by atoms with van der Waals surface area (Å²) in [6.45, 7) is 10.1. The fraction of sp³-hybridized carbons (Fsp3) is 0.478. The van der Waals surface area contributed by atoms with Crippen LogP contribution in [0, 0.1) is 6.92 Å². The van der Waals surface area contributed by atoms with Crippen molar-refractivity contribution in [3.63, 3.8) is 0 Å². The van der Waals surface area contributed by atoms with Gasteiger partial charge in [-0.05, 0) is 55.6 Å². The van der Waals surface area contributed by atoms with Crippen molar-refractivity contribution in [1.82, 2.24) is 14.6 Å². The fourth-order valence-corrected chi connectivity index (χ4v) is 6.44. The minimum atomic E-state index is -3.78. The highest BCUT2D eigenvalue weighted by atomic mass is 32.2. The first-order chi connectivity index (χ1) is 14.6. The number of hydrogen-bond acceptors (Lipinski definition) is 6. The molecule has 1 aromatic carbocycles. The van der Waals surface area contributed by atoms with Gasteiger partial charge in [-0.15, -0.1) is 11.8 Å². The van der Waals surface area contributed by atoms with Gasteiger partial charge in [-0.3, -0.25) is 0 Å². The molecule has 4 rings (SSSR count). The lowest BCUT2D eigenvalue weighted by Crippen LogP contribution is -2.31. The summed E-state index contributed by atoms with van der Waals surface area (Å²) in [5.74, 6) is 0.919. The van der Waals surface area contributed by atoms with Crippen LogP contribution in [0.4, 0.5) is 5.82 Å². The number of aromatic nitrogens is 3. The van der Waals surface area contributed by atoms with Crippen molar-refractivity contribution < 1.29 is 8.42 Å². The van der Waals surface area contributed by atoms with Crippen molar-refractivity contribution in [2.75, 3.05) is 24.2 Å². The first-order valence-corrected chi connectivity index (χ1v) is 13.4. The molecular weight excluding hydrogens is 428 g/mol. The number of nitrogens with zero attached hydrogens (tertiary/aromatic N) is 4. The summed E-state index contributed by atoms with van der Waals surface area (Å²) in [6.07, 6.45) is 5.34. The zero-order valence-corrected chi connectivity index (χ0v) is 20.5. The average Bonchev–Trinajstić information content (AvgIpc) is 3.12. The molecule has 8 heteroatoms. The quantitative estimate of drug-likeness (QED) is 0.519. The first-order valence-electron chi connectivity index (χ1n) is 10.7. The minimum Gasteiger partial charge on any atom is -0.356 e. The van der Waals surface area contributed by atoms with Crippen LogP contribution in [-0.2, 0) is 15.3 Å². The van der Waals surface area contributed by atoms with E-state index >= 15 is 0 Å². The van der Waals surface area contributed by atoms with Crippen LogP contribution in [0.3, 0.4) is 0 Å². The Balaban J connectivity index is 1.89. The molecule has 0 atom stereocenters. The topological polar surface area (TPSA) is 67.6 Å². The first kappa shape index (κ1) is 22.1. The van der Waals surface area contributed by atoms with E-state index in [4.69, 9.17) is 5.10 Å². The highest BCUT2D eigenvalue weighted by Crippen LogP contribution is 2.35. The normalized spacial score (nSPS) is 15.6. The lowest BCUT2D eigenvalue weighted by atomic mass is 9.87. The molecule has 0 spiro atoms. The number of thioether (sulfide) groups is 1. The zero-order chi connectivity index (χ0) is 22.4. The summed E-state index contributed by atoms with van der Waals surface area (Å²) in [7, 11) is -3.78. The zero-order valence-electron chi connectivity index (χ0n) is 18.8. The van der Waals surface area contributed by atoms with Crippen molar-refractivity contribution in [2.45, 2.75) is 67.2 Å². The molecule has 31 heavy (non-hydrogen) atoms. The van der Waals surface area contributed by atoms with Gasteiger partial charge in [-0.2, -0.15) is 9.61 Å². The summed E-state index contributed by atoms with van der Waals surface area (Å²) >= 11 is 1.34. The summed E-state index contributed by atoms with van der Waals surface area (Å²) < 4.78 is 29.2. The van der Waals surface area contributed by atoms with Gasteiger partial charge in [0.15, 0.2) is 10.5 Å². The molecule has 166 valence electrons. The van der Waals surface area contributed by atoms with Crippen LogP contribution >= 0.6 is 11.8 Å². The highest BCUT2D eigenvalue weighted by Gasteiger charge is 2.30. The predicted octanol–water partition coefficient (Wildman–Crippen LogP) is 4.88. The van der Waals surface area contributed by atoms with Gasteiger partial charge in [0.05, 0.1) is 4.90 Å². The maximum Gasteiger partial charge on any atom is 0.213 e. The van der Waals surface area contributed by atoms with Gasteiger partial charge in [0.1, 0.15) is 10.8 Å². The number of rotatable bonds is 4. The Labute approximate surface area is 189 Å². The molecule has 0 bridgehead atoms. The summed E-state index contributed by atoms with van der Waals surface area (Å²) in [4.78, 5) is 7.39. The Hall–Kier alpha value is -2.06. The van der Waals surface area contributed by atoms with E-state index < -0.39 is 9.84 Å². The van der Waals surface area contributed by atoms with E-state index in [1.807, 2.05) is 31.4 Å². The van der Waals surface area contributed by atoms with Crippen LogP contribution in [0.2, 0.25) is 0 Å². The third-order valence-corrected chi connectivity index (χ3v) is 8.41. The van der Waals surface area contributed by atoms with Crippen molar-refractivity contribution in [3.05, 3.63) is 41.6 Å². The van der Waals surface area contributed by atoms with E-state index in [2.05, 4.69) is 30.7 Å². The lowest BCUT2D eigenvalue weighted by molar-refractivity contribution is 0.567. The molecular formula is C23H30N4O2S2. The standard InChI is InChI=1S/C23H30N4O2S2/c1-16-15-19(26-13-7-6-8-14-26)27-21(24-16)20(22(25-27)30-5)31(28,29)18-11-9-17(10-12-18)23(2,3)4/h9-12,15H,6-8,13-14H2,1-5H3. The number of hydrogen-bond donors (Lipinski definition) is 0. The van der Waals surface area contributed by atoms with Gasteiger partial charge < -0.3 is 4.90 Å². The molecule has 0 unspecified atom stereocenters. The number of fused-ring (bicyclic) bond motifs is 1. The molecule has 1 saturated heterocycles. The van der Waals surface area contributed by atoms with Crippen molar-refractivity contribution >= 4 is 33.1 Å². The molecule has 0 amide bonds. The number of piperidine rings is 1. The van der Waals surface area contributed by atoms with Crippen LogP contribution in [0.25, 0.3) is 5.65 Å². The Morgan fingerprint density at radius 1 is 1.03 bits per heavy atom. The summed E-state index contributed by atoms with van der Waals surface area (Å²) in [5.41, 5.74) is 2.25. The summed E-state index contributed by atoms with van der Waals surface area (Å²) in [6, 6.07) is 9.20. The van der Waals surface area contributed by atoms with Crippen LogP contribution in [0.15, 0.2) is 45.1 Å². The molecule has 1 aliphatic heterocycles. The molecule has 1 fully saturated rings. The van der Waals surface area contributed by atoms with Gasteiger partial charge in [-0.25, -0.2) is 13.4 Å². The maximum atomic E-state index is 13.7. The number of sulfone groups is 1. The largest absolute Gasteiger partial charge is 0.356 e. The predicted molar refractivity (Wildman–Crippen MR) is 126 cm³/mol. The third-order valence-electron chi connectivity index (χ3n) is 5.80. The SMILES string of the molecule is CSc1nn2c(N3CCCCC3)cc(C)nc2c1S(=O)(=O)c1ccc(C(C)(C)C)cc1. The lowest BCUT2D eigenvalue weighted by Gasteiger charge is -2.29. The number of anilines is 1. The van der Waals surface area contributed by atoms with E-state index in [-0.39, 0.29) is 15.2 Å². The number of benzene rings is 1. The second-order valence-electron chi connectivity index (χ2n) is 9.16. The molecule has 0 N–H and O–H groups in total. The fourth-order valence-electron chi connectivity index (χ4n) is 4.05. The Morgan fingerprint density at radius 2 is 1.68 bits per heavy atom. The van der Waals surface area contributed by atoms with Crippen molar-refractivity contribution in [2.24, 2.45) is 0 Å². The molecule has 3 aromatic rings. The molecule has 0 radical (unpaired) electrons. The molecule has 6 nitrogen and oxygen atoms in total. The molecule has 0 saturated carbocycles. The summed E-state index contributed by atoms with van der Waals surface area (Å²) in [5, 5.41) is 5.17. The average molecular weight is 459 g/mol. The Bertz CT molecular complexity index is 1200. The van der Waals surface area contributed by atoms with E-state index in [0.29, 0.717) is 10.7 Å². The van der Waals surface area contributed by atoms with Crippen LogP contribution in [0.5, 0.6) is 0 Å². The smallest absolute Gasteiger partial charge is 0.213 e. The van der Waals surface area contributed by atoms with Gasteiger partial charge in [0, 0.05) is 24.8 Å². The van der Waals surface area contributed by atoms with Gasteiger partial charge in [0.2, 0.25) is 9.84 Å². The molecule has 1 aliphatic rings. The Morgan fingerprint density at radius 3 is 2.26 bits per heavy atom. The van der Waals surface area contributed by atoms with Gasteiger partial charge >= 0.3 is 0 Å². The van der Waals surface area contributed by atoms with E-state index in [0.717, 1.165) is 43.0 Å². The van der Waals surface area contributed by atoms with Gasteiger partial charge in [0.25, 0.3) is 0 Å². The molecule has 0 aliphatic carbocycles. The van der Waals surface area contributed by atoms with Crippen LogP contribution in [-0.4, -0.2) is 42.4 Å². The monoisotopic (exact) mass is 458 g/mol.